The molecule has 4 N–H and O–H groups in total. The zero-order valence-electron chi connectivity index (χ0n) is 9.74. The van der Waals surface area contributed by atoms with E-state index in [1.807, 2.05) is 6.07 Å². The average Bonchev–Trinajstić information content (AvgIpc) is 2.22. The van der Waals surface area contributed by atoms with Gasteiger partial charge in [0.15, 0.2) is 5.95 Å². The van der Waals surface area contributed by atoms with Gasteiger partial charge in [-0.15, -0.1) is 0 Å². The molecule has 0 fully saturated rings. The van der Waals surface area contributed by atoms with E-state index in [1.54, 1.807) is 6.07 Å². The van der Waals surface area contributed by atoms with Crippen LogP contribution in [0.2, 0.25) is 0 Å². The largest absolute Gasteiger partial charge is 0.369 e. The lowest BCUT2D eigenvalue weighted by Gasteiger charge is -2.09. The Morgan fingerprint density at radius 2 is 2.00 bits per heavy atom. The van der Waals surface area contributed by atoms with Gasteiger partial charge in [0.05, 0.1) is 0 Å². The number of hydrogen-bond donors (Lipinski definition) is 3. The van der Waals surface area contributed by atoms with E-state index in [0.717, 1.165) is 11.5 Å². The Labute approximate surface area is 105 Å². The van der Waals surface area contributed by atoms with Crippen molar-refractivity contribution in [2.45, 2.75) is 13.8 Å². The van der Waals surface area contributed by atoms with Crippen molar-refractivity contribution >= 4 is 29.7 Å². The molecular formula is C12H14N4S. The lowest BCUT2D eigenvalue weighted by Crippen LogP contribution is -2.00. The van der Waals surface area contributed by atoms with Gasteiger partial charge in [0.25, 0.3) is 0 Å². The number of H-pyrrole nitrogens is 1. The Morgan fingerprint density at radius 3 is 2.65 bits per heavy atom. The molecule has 2 aromatic rings. The monoisotopic (exact) mass is 246 g/mol. The van der Waals surface area contributed by atoms with Gasteiger partial charge in [-0.1, -0.05) is 18.3 Å². The molecule has 1 aromatic heterocycles. The zero-order valence-corrected chi connectivity index (χ0v) is 10.6. The molecule has 0 aliphatic heterocycles. The molecule has 0 spiro atoms. The Hall–Kier alpha value is -1.88. The minimum atomic E-state index is 0.309. The molecule has 17 heavy (non-hydrogen) atoms. The van der Waals surface area contributed by atoms with E-state index in [2.05, 4.69) is 41.3 Å². The highest BCUT2D eigenvalue weighted by molar-refractivity contribution is 7.71. The minimum Gasteiger partial charge on any atom is -0.369 e. The number of nitrogens with two attached hydrogens (primary N) is 1. The molecule has 0 amide bonds. The molecule has 0 atom stereocenters. The van der Waals surface area contributed by atoms with Crippen LogP contribution in [0.4, 0.5) is 17.5 Å². The highest BCUT2D eigenvalue weighted by Crippen LogP contribution is 2.18. The number of nitrogen functional groups attached to an aromatic ring is 1. The molecular weight excluding hydrogens is 232 g/mol. The van der Waals surface area contributed by atoms with Crippen molar-refractivity contribution in [1.82, 2.24) is 9.97 Å². The molecule has 0 unspecified atom stereocenters. The summed E-state index contributed by atoms with van der Waals surface area (Å²) in [5, 5.41) is 3.21. The molecule has 0 bridgehead atoms. The molecule has 0 saturated heterocycles. The number of aryl methyl sites for hydroxylation is 2. The quantitative estimate of drug-likeness (QED) is 0.712. The normalized spacial score (nSPS) is 10.2. The van der Waals surface area contributed by atoms with Crippen LogP contribution in [-0.4, -0.2) is 9.97 Å². The Balaban J connectivity index is 2.31. The first-order valence-electron chi connectivity index (χ1n) is 5.26. The van der Waals surface area contributed by atoms with Crippen molar-refractivity contribution in [2.75, 3.05) is 11.1 Å². The number of nitrogens with zero attached hydrogens (tertiary/aromatic N) is 1. The number of aromatic nitrogens is 2. The van der Waals surface area contributed by atoms with E-state index in [-0.39, 0.29) is 0 Å². The standard InChI is InChI=1S/C12H14N4S/c1-7-3-4-9(5-8(7)2)14-10-6-11(17)16-12(13)15-10/h3-6H,1-2H3,(H4,13,14,15,16,17). The number of hydrogen-bond acceptors (Lipinski definition) is 4. The van der Waals surface area contributed by atoms with Crippen molar-refractivity contribution in [3.05, 3.63) is 40.0 Å². The lowest BCUT2D eigenvalue weighted by atomic mass is 10.1. The number of anilines is 3. The molecule has 88 valence electrons. The highest BCUT2D eigenvalue weighted by Gasteiger charge is 1.99. The van der Waals surface area contributed by atoms with Crippen LogP contribution in [0, 0.1) is 18.5 Å². The lowest BCUT2D eigenvalue weighted by molar-refractivity contribution is 1.17. The maximum absolute atomic E-state index is 5.59. The van der Waals surface area contributed by atoms with Crippen molar-refractivity contribution in [3.8, 4) is 0 Å². The summed E-state index contributed by atoms with van der Waals surface area (Å²) in [7, 11) is 0. The van der Waals surface area contributed by atoms with Crippen molar-refractivity contribution in [2.24, 2.45) is 0 Å². The number of benzene rings is 1. The summed E-state index contributed by atoms with van der Waals surface area (Å²) in [5.41, 5.74) is 9.08. The second-order valence-electron chi connectivity index (χ2n) is 3.94. The summed E-state index contributed by atoms with van der Waals surface area (Å²) < 4.78 is 0.465. The molecule has 4 nitrogen and oxygen atoms in total. The SMILES string of the molecule is Cc1ccc(Nc2cc(=S)nc(N)[nH]2)cc1C. The maximum Gasteiger partial charge on any atom is 0.200 e. The molecule has 0 radical (unpaired) electrons. The summed E-state index contributed by atoms with van der Waals surface area (Å²) in [6.45, 7) is 4.15. The third-order valence-corrected chi connectivity index (χ3v) is 2.76. The molecule has 1 aromatic carbocycles. The van der Waals surface area contributed by atoms with Crippen LogP contribution in [0.5, 0.6) is 0 Å². The molecule has 5 heteroatoms. The first-order chi connectivity index (χ1) is 8.04. The van der Waals surface area contributed by atoms with E-state index < -0.39 is 0 Å². The second-order valence-corrected chi connectivity index (χ2v) is 4.36. The number of aromatic amines is 1. The molecule has 0 aliphatic carbocycles. The van der Waals surface area contributed by atoms with E-state index >= 15 is 0 Å². The van der Waals surface area contributed by atoms with Gasteiger partial charge < -0.3 is 16.0 Å². The highest BCUT2D eigenvalue weighted by atomic mass is 32.1. The second kappa shape index (κ2) is 4.55. The Kier molecular flexibility index (Phi) is 3.10. The third-order valence-electron chi connectivity index (χ3n) is 2.55. The van der Waals surface area contributed by atoms with Crippen molar-refractivity contribution in [1.29, 1.82) is 0 Å². The molecule has 2 rings (SSSR count). The van der Waals surface area contributed by atoms with E-state index in [1.165, 1.54) is 11.1 Å². The van der Waals surface area contributed by atoms with Crippen LogP contribution >= 0.6 is 12.2 Å². The van der Waals surface area contributed by atoms with Gasteiger partial charge in [-0.05, 0) is 37.1 Å². The fraction of sp³-hybridized carbons (Fsp3) is 0.167. The number of nitrogens with one attached hydrogen (secondary N) is 2. The predicted octanol–water partition coefficient (Wildman–Crippen LogP) is 3.08. The van der Waals surface area contributed by atoms with Gasteiger partial charge in [0.2, 0.25) is 0 Å². The minimum absolute atomic E-state index is 0.309. The van der Waals surface area contributed by atoms with Gasteiger partial charge in [-0.2, -0.15) is 0 Å². The molecule has 0 aliphatic rings. The number of rotatable bonds is 2. The average molecular weight is 246 g/mol. The zero-order chi connectivity index (χ0) is 12.4. The van der Waals surface area contributed by atoms with Crippen LogP contribution < -0.4 is 11.1 Å². The Morgan fingerprint density at radius 1 is 1.24 bits per heavy atom. The van der Waals surface area contributed by atoms with E-state index in [4.69, 9.17) is 18.0 Å². The summed E-state index contributed by atoms with van der Waals surface area (Å²) in [6, 6.07) is 7.89. The van der Waals surface area contributed by atoms with Crippen molar-refractivity contribution in [3.63, 3.8) is 0 Å². The van der Waals surface area contributed by atoms with Gasteiger partial charge in [0, 0.05) is 11.8 Å². The Bertz CT molecular complexity index is 604. The van der Waals surface area contributed by atoms with Crippen LogP contribution in [0.25, 0.3) is 0 Å². The maximum atomic E-state index is 5.59. The van der Waals surface area contributed by atoms with Gasteiger partial charge >= 0.3 is 0 Å². The summed E-state index contributed by atoms with van der Waals surface area (Å²) >= 11 is 5.00. The van der Waals surface area contributed by atoms with Gasteiger partial charge in [0.1, 0.15) is 10.5 Å². The van der Waals surface area contributed by atoms with Gasteiger partial charge in [-0.25, -0.2) is 4.98 Å². The predicted molar refractivity (Wildman–Crippen MR) is 73.0 cm³/mol. The third kappa shape index (κ3) is 2.82. The van der Waals surface area contributed by atoms with E-state index in [0.29, 0.717) is 10.6 Å². The topological polar surface area (TPSA) is 66.7 Å². The van der Waals surface area contributed by atoms with Crippen LogP contribution in [-0.2, 0) is 0 Å². The summed E-state index contributed by atoms with van der Waals surface area (Å²) in [6.07, 6.45) is 0. The fourth-order valence-corrected chi connectivity index (χ4v) is 1.73. The van der Waals surface area contributed by atoms with Crippen LogP contribution in [0.3, 0.4) is 0 Å². The molecule has 1 heterocycles. The van der Waals surface area contributed by atoms with E-state index in [9.17, 15) is 0 Å². The first-order valence-corrected chi connectivity index (χ1v) is 5.66. The van der Waals surface area contributed by atoms with Crippen molar-refractivity contribution < 1.29 is 0 Å². The first kappa shape index (κ1) is 11.6. The smallest absolute Gasteiger partial charge is 0.200 e. The summed E-state index contributed by atoms with van der Waals surface area (Å²) in [4.78, 5) is 6.82. The van der Waals surface area contributed by atoms with Crippen LogP contribution in [0.1, 0.15) is 11.1 Å². The van der Waals surface area contributed by atoms with Crippen LogP contribution in [0.15, 0.2) is 24.3 Å². The van der Waals surface area contributed by atoms with Gasteiger partial charge in [-0.3, -0.25) is 0 Å². The molecule has 0 saturated carbocycles. The summed E-state index contributed by atoms with van der Waals surface area (Å²) in [5.74, 6) is 1.05. The fourth-order valence-electron chi connectivity index (χ4n) is 1.52.